The number of carbonyl (C=O) groups is 1. The number of rotatable bonds is 4. The van der Waals surface area contributed by atoms with Crippen LogP contribution in [0.2, 0.25) is 0 Å². The number of carbonyl (C=O) groups excluding carboxylic acids is 1. The van der Waals surface area contributed by atoms with Crippen LogP contribution in [0.3, 0.4) is 0 Å². The Balaban J connectivity index is 1.73. The fourth-order valence-electron chi connectivity index (χ4n) is 3.38. The molecule has 1 aliphatic carbocycles. The summed E-state index contributed by atoms with van der Waals surface area (Å²) in [6.45, 7) is 2.70. The Morgan fingerprint density at radius 3 is 2.91 bits per heavy atom. The third-order valence-electron chi connectivity index (χ3n) is 4.58. The van der Waals surface area contributed by atoms with Crippen molar-refractivity contribution in [1.29, 1.82) is 0 Å². The van der Waals surface area contributed by atoms with Crippen LogP contribution < -0.4 is 5.32 Å². The van der Waals surface area contributed by atoms with Crippen molar-refractivity contribution in [3.05, 3.63) is 30.1 Å². The monoisotopic (exact) mass is 303 g/mol. The van der Waals surface area contributed by atoms with Crippen molar-refractivity contribution in [2.45, 2.75) is 50.8 Å². The van der Waals surface area contributed by atoms with E-state index in [9.17, 15) is 4.79 Å². The van der Waals surface area contributed by atoms with E-state index < -0.39 is 0 Å². The molecule has 1 aromatic heterocycles. The zero-order chi connectivity index (χ0) is 15.2. The van der Waals surface area contributed by atoms with Crippen LogP contribution in [-0.4, -0.2) is 47.6 Å². The van der Waals surface area contributed by atoms with E-state index in [0.29, 0.717) is 25.7 Å². The first-order valence-electron chi connectivity index (χ1n) is 8.36. The fourth-order valence-corrected chi connectivity index (χ4v) is 3.38. The van der Waals surface area contributed by atoms with Crippen LogP contribution in [0.15, 0.2) is 24.5 Å². The van der Waals surface area contributed by atoms with Gasteiger partial charge in [0.15, 0.2) is 0 Å². The summed E-state index contributed by atoms with van der Waals surface area (Å²) in [5.41, 5.74) is 1.09. The molecule has 22 heavy (non-hydrogen) atoms. The highest BCUT2D eigenvalue weighted by molar-refractivity contribution is 5.81. The molecule has 0 bridgehead atoms. The van der Waals surface area contributed by atoms with Crippen molar-refractivity contribution in [3.8, 4) is 0 Å². The topological polar surface area (TPSA) is 54.5 Å². The van der Waals surface area contributed by atoms with Crippen molar-refractivity contribution >= 4 is 5.91 Å². The first kappa shape index (κ1) is 15.4. The van der Waals surface area contributed by atoms with Gasteiger partial charge in [-0.05, 0) is 24.5 Å². The minimum absolute atomic E-state index is 0.128. The molecule has 120 valence electrons. The van der Waals surface area contributed by atoms with E-state index in [-0.39, 0.29) is 12.0 Å². The SMILES string of the molecule is O=C([C@H]1CNCCO1)N(Cc1cccnc1)C1CCCCC1. The molecule has 1 atom stereocenters. The Kier molecular flexibility index (Phi) is 5.40. The Bertz CT molecular complexity index is 468. The maximum absolute atomic E-state index is 12.9. The molecular weight excluding hydrogens is 278 g/mol. The fraction of sp³-hybridized carbons (Fsp3) is 0.647. The van der Waals surface area contributed by atoms with Crippen molar-refractivity contribution in [2.75, 3.05) is 19.7 Å². The van der Waals surface area contributed by atoms with E-state index in [2.05, 4.69) is 10.3 Å². The molecule has 1 amide bonds. The number of pyridine rings is 1. The van der Waals surface area contributed by atoms with Crippen LogP contribution in [0.4, 0.5) is 0 Å². The summed E-state index contributed by atoms with van der Waals surface area (Å²) in [5.74, 6) is 0.128. The smallest absolute Gasteiger partial charge is 0.253 e. The Morgan fingerprint density at radius 1 is 1.36 bits per heavy atom. The third kappa shape index (κ3) is 3.84. The molecule has 1 N–H and O–H groups in total. The highest BCUT2D eigenvalue weighted by Gasteiger charge is 2.32. The summed E-state index contributed by atoms with van der Waals surface area (Å²) >= 11 is 0. The average molecular weight is 303 g/mol. The van der Waals surface area contributed by atoms with Crippen LogP contribution in [0.25, 0.3) is 0 Å². The number of aromatic nitrogens is 1. The number of amides is 1. The Morgan fingerprint density at radius 2 is 2.23 bits per heavy atom. The first-order chi connectivity index (χ1) is 10.8. The second-order valence-electron chi connectivity index (χ2n) is 6.18. The van der Waals surface area contributed by atoms with Gasteiger partial charge in [0.25, 0.3) is 5.91 Å². The number of nitrogens with one attached hydrogen (secondary N) is 1. The van der Waals surface area contributed by atoms with Crippen molar-refractivity contribution < 1.29 is 9.53 Å². The van der Waals surface area contributed by atoms with E-state index >= 15 is 0 Å². The van der Waals surface area contributed by atoms with E-state index in [1.165, 1.54) is 19.3 Å². The number of hydrogen-bond donors (Lipinski definition) is 1. The minimum Gasteiger partial charge on any atom is -0.366 e. The predicted molar refractivity (Wildman–Crippen MR) is 84.3 cm³/mol. The van der Waals surface area contributed by atoms with Crippen molar-refractivity contribution in [2.24, 2.45) is 0 Å². The van der Waals surface area contributed by atoms with Crippen LogP contribution in [0.1, 0.15) is 37.7 Å². The molecule has 1 aromatic rings. The molecule has 0 radical (unpaired) electrons. The van der Waals surface area contributed by atoms with Gasteiger partial charge in [-0.15, -0.1) is 0 Å². The predicted octanol–water partition coefficient (Wildman–Crippen LogP) is 1.73. The molecule has 1 aliphatic heterocycles. The number of ether oxygens (including phenoxy) is 1. The molecule has 1 saturated carbocycles. The lowest BCUT2D eigenvalue weighted by Gasteiger charge is -2.37. The van der Waals surface area contributed by atoms with Crippen LogP contribution in [0, 0.1) is 0 Å². The Labute approximate surface area is 132 Å². The van der Waals surface area contributed by atoms with Crippen LogP contribution >= 0.6 is 0 Å². The zero-order valence-electron chi connectivity index (χ0n) is 13.0. The van der Waals surface area contributed by atoms with Gasteiger partial charge in [-0.25, -0.2) is 0 Å². The molecular formula is C17H25N3O2. The second-order valence-corrected chi connectivity index (χ2v) is 6.18. The normalized spacial score (nSPS) is 23.2. The molecule has 2 fully saturated rings. The lowest BCUT2D eigenvalue weighted by atomic mass is 9.93. The lowest BCUT2D eigenvalue weighted by Crippen LogP contribution is -2.52. The quantitative estimate of drug-likeness (QED) is 0.920. The van der Waals surface area contributed by atoms with Crippen molar-refractivity contribution in [3.63, 3.8) is 0 Å². The third-order valence-corrected chi connectivity index (χ3v) is 4.58. The van der Waals surface area contributed by atoms with E-state index in [4.69, 9.17) is 4.74 Å². The van der Waals surface area contributed by atoms with Crippen molar-refractivity contribution in [1.82, 2.24) is 15.2 Å². The van der Waals surface area contributed by atoms with Gasteiger partial charge in [0.05, 0.1) is 6.61 Å². The minimum atomic E-state index is -0.340. The summed E-state index contributed by atoms with van der Waals surface area (Å²) in [5, 5.41) is 3.25. The summed E-state index contributed by atoms with van der Waals surface area (Å²) in [6, 6.07) is 4.31. The van der Waals surface area contributed by atoms with Gasteiger partial charge in [-0.3, -0.25) is 9.78 Å². The largest absolute Gasteiger partial charge is 0.366 e. The molecule has 2 heterocycles. The summed E-state index contributed by atoms with van der Waals surface area (Å²) in [4.78, 5) is 19.2. The van der Waals surface area contributed by atoms with Gasteiger partial charge in [0.1, 0.15) is 6.10 Å². The summed E-state index contributed by atoms with van der Waals surface area (Å²) in [7, 11) is 0. The summed E-state index contributed by atoms with van der Waals surface area (Å²) in [6.07, 6.45) is 9.20. The molecule has 5 heteroatoms. The Hall–Kier alpha value is -1.46. The summed E-state index contributed by atoms with van der Waals surface area (Å²) < 4.78 is 5.68. The molecule has 0 spiro atoms. The molecule has 1 saturated heterocycles. The van der Waals surface area contributed by atoms with Gasteiger partial charge >= 0.3 is 0 Å². The highest BCUT2D eigenvalue weighted by atomic mass is 16.5. The van der Waals surface area contributed by atoms with E-state index in [1.807, 2.05) is 23.2 Å². The number of hydrogen-bond acceptors (Lipinski definition) is 4. The van der Waals surface area contributed by atoms with Gasteiger partial charge in [-0.2, -0.15) is 0 Å². The van der Waals surface area contributed by atoms with Crippen LogP contribution in [-0.2, 0) is 16.1 Å². The molecule has 0 aromatic carbocycles. The molecule has 2 aliphatic rings. The maximum atomic E-state index is 12.9. The van der Waals surface area contributed by atoms with E-state index in [1.54, 1.807) is 6.20 Å². The lowest BCUT2D eigenvalue weighted by molar-refractivity contribution is -0.149. The standard InChI is InChI=1S/C17H25N3O2/c21-17(16-12-19-9-10-22-16)20(15-6-2-1-3-7-15)13-14-5-4-8-18-11-14/h4-5,8,11,15-16,19H,1-3,6-7,9-10,12-13H2/t16-/m1/s1. The number of morpholine rings is 1. The van der Waals surface area contributed by atoms with Gasteiger partial charge < -0.3 is 15.0 Å². The van der Waals surface area contributed by atoms with Crippen LogP contribution in [0.5, 0.6) is 0 Å². The number of nitrogens with zero attached hydrogens (tertiary/aromatic N) is 2. The first-order valence-corrected chi connectivity index (χ1v) is 8.36. The molecule has 0 unspecified atom stereocenters. The van der Waals surface area contributed by atoms with E-state index in [0.717, 1.165) is 24.9 Å². The zero-order valence-corrected chi connectivity index (χ0v) is 13.0. The van der Waals surface area contributed by atoms with Gasteiger partial charge in [0.2, 0.25) is 0 Å². The molecule has 5 nitrogen and oxygen atoms in total. The molecule has 3 rings (SSSR count). The van der Waals surface area contributed by atoms with Gasteiger partial charge in [-0.1, -0.05) is 25.3 Å². The van der Waals surface area contributed by atoms with Gasteiger partial charge in [0, 0.05) is 38.1 Å². The second kappa shape index (κ2) is 7.70. The average Bonchev–Trinajstić information content (AvgIpc) is 2.61. The highest BCUT2D eigenvalue weighted by Crippen LogP contribution is 2.25. The maximum Gasteiger partial charge on any atom is 0.253 e.